The minimum atomic E-state index is -0.378. The molecule has 0 fully saturated rings. The Bertz CT molecular complexity index is 844. The molecule has 8 heteroatoms. The Kier molecular flexibility index (Phi) is 8.42. The summed E-state index contributed by atoms with van der Waals surface area (Å²) in [7, 11) is 0. The van der Waals surface area contributed by atoms with Gasteiger partial charge in [-0.25, -0.2) is 0 Å². The quantitative estimate of drug-likeness (QED) is 0.566. The van der Waals surface area contributed by atoms with Crippen LogP contribution in [-0.4, -0.2) is 30.1 Å². The van der Waals surface area contributed by atoms with Crippen LogP contribution in [0.15, 0.2) is 42.5 Å². The number of hydrogen-bond acceptors (Lipinski definition) is 5. The highest BCUT2D eigenvalue weighted by Crippen LogP contribution is 2.23. The maximum Gasteiger partial charge on any atom is 0.257 e. The molecule has 0 heterocycles. The molecule has 0 atom stereocenters. The number of hydrogen-bond donors (Lipinski definition) is 3. The number of nitrogens with one attached hydrogen (secondary N) is 3. The van der Waals surface area contributed by atoms with Gasteiger partial charge in [0.2, 0.25) is 5.91 Å². The van der Waals surface area contributed by atoms with E-state index in [-0.39, 0.29) is 16.9 Å². The zero-order valence-corrected chi connectivity index (χ0v) is 17.5. The largest absolute Gasteiger partial charge is 0.494 e. The SMILES string of the molecule is CCOc1cc(OCC)cc(C(=O)NC(=S)Nc2ccc(NC(=O)CC)cc2)c1. The van der Waals surface area contributed by atoms with Crippen LogP contribution in [0.25, 0.3) is 0 Å². The molecule has 0 radical (unpaired) electrons. The highest BCUT2D eigenvalue weighted by Gasteiger charge is 2.12. The third-order valence-electron chi connectivity index (χ3n) is 3.74. The number of thiocarbonyl (C=S) groups is 1. The van der Waals surface area contributed by atoms with Gasteiger partial charge in [-0.3, -0.25) is 14.9 Å². The summed E-state index contributed by atoms with van der Waals surface area (Å²) in [5.74, 6) is 0.658. The second-order valence-corrected chi connectivity index (χ2v) is 6.35. The van der Waals surface area contributed by atoms with E-state index in [1.54, 1.807) is 49.4 Å². The first-order valence-corrected chi connectivity index (χ1v) is 9.78. The van der Waals surface area contributed by atoms with Crippen molar-refractivity contribution in [3.05, 3.63) is 48.0 Å². The fourth-order valence-electron chi connectivity index (χ4n) is 2.43. The van der Waals surface area contributed by atoms with Crippen LogP contribution in [0.3, 0.4) is 0 Å². The summed E-state index contributed by atoms with van der Waals surface area (Å²) in [6.07, 6.45) is 0.408. The first-order chi connectivity index (χ1) is 13.9. The van der Waals surface area contributed by atoms with Gasteiger partial charge >= 0.3 is 0 Å². The van der Waals surface area contributed by atoms with Crippen molar-refractivity contribution in [2.45, 2.75) is 27.2 Å². The number of benzene rings is 2. The molecule has 0 spiro atoms. The molecule has 0 saturated carbocycles. The third kappa shape index (κ3) is 7.08. The van der Waals surface area contributed by atoms with E-state index in [2.05, 4.69) is 16.0 Å². The Hall–Kier alpha value is -3.13. The van der Waals surface area contributed by atoms with Crippen molar-refractivity contribution in [1.82, 2.24) is 5.32 Å². The molecule has 0 aromatic heterocycles. The number of amides is 2. The van der Waals surface area contributed by atoms with E-state index in [0.717, 1.165) is 0 Å². The van der Waals surface area contributed by atoms with Crippen molar-refractivity contribution in [3.63, 3.8) is 0 Å². The fourth-order valence-corrected chi connectivity index (χ4v) is 2.64. The minimum Gasteiger partial charge on any atom is -0.494 e. The molecule has 7 nitrogen and oxygen atoms in total. The van der Waals surface area contributed by atoms with Gasteiger partial charge in [0.25, 0.3) is 5.91 Å². The standard InChI is InChI=1S/C21H25N3O4S/c1-4-19(25)22-15-7-9-16(10-8-15)23-21(29)24-20(26)14-11-17(27-5-2)13-18(12-14)28-6-3/h7-13H,4-6H2,1-3H3,(H,22,25)(H2,23,24,26,29). The monoisotopic (exact) mass is 415 g/mol. The first-order valence-electron chi connectivity index (χ1n) is 9.38. The van der Waals surface area contributed by atoms with Crippen LogP contribution < -0.4 is 25.4 Å². The van der Waals surface area contributed by atoms with Crippen LogP contribution in [0.1, 0.15) is 37.6 Å². The van der Waals surface area contributed by atoms with Gasteiger partial charge in [0.05, 0.1) is 13.2 Å². The molecule has 0 aliphatic rings. The molecule has 0 aliphatic heterocycles. The smallest absolute Gasteiger partial charge is 0.257 e. The molecule has 0 aliphatic carbocycles. The van der Waals surface area contributed by atoms with Crippen molar-refractivity contribution < 1.29 is 19.1 Å². The van der Waals surface area contributed by atoms with Crippen LogP contribution in [0.5, 0.6) is 11.5 Å². The van der Waals surface area contributed by atoms with E-state index < -0.39 is 0 Å². The first kappa shape index (κ1) is 22.2. The van der Waals surface area contributed by atoms with Gasteiger partial charge in [0.15, 0.2) is 5.11 Å². The predicted molar refractivity (Wildman–Crippen MR) is 118 cm³/mol. The lowest BCUT2D eigenvalue weighted by molar-refractivity contribution is -0.115. The molecule has 2 rings (SSSR count). The Balaban J connectivity index is 2.01. The van der Waals surface area contributed by atoms with Crippen molar-refractivity contribution >= 4 is 40.5 Å². The minimum absolute atomic E-state index is 0.0609. The van der Waals surface area contributed by atoms with Crippen LogP contribution >= 0.6 is 12.2 Å². The van der Waals surface area contributed by atoms with Gasteiger partial charge < -0.3 is 20.1 Å². The fraction of sp³-hybridized carbons (Fsp3) is 0.286. The van der Waals surface area contributed by atoms with Gasteiger partial charge in [0.1, 0.15) is 11.5 Å². The highest BCUT2D eigenvalue weighted by atomic mass is 32.1. The summed E-state index contributed by atoms with van der Waals surface area (Å²) in [6.45, 7) is 6.47. The van der Waals surface area contributed by atoms with Crippen molar-refractivity contribution in [1.29, 1.82) is 0 Å². The number of ether oxygens (including phenoxy) is 2. The van der Waals surface area contributed by atoms with E-state index >= 15 is 0 Å². The van der Waals surface area contributed by atoms with Crippen LogP contribution in [0.2, 0.25) is 0 Å². The van der Waals surface area contributed by atoms with Gasteiger partial charge in [-0.1, -0.05) is 6.92 Å². The average molecular weight is 416 g/mol. The summed E-state index contributed by atoms with van der Waals surface area (Å²) >= 11 is 5.23. The van der Waals surface area contributed by atoms with Gasteiger partial charge in [-0.2, -0.15) is 0 Å². The zero-order chi connectivity index (χ0) is 21.2. The molecule has 154 valence electrons. The predicted octanol–water partition coefficient (Wildman–Crippen LogP) is 3.96. The molecule has 0 saturated heterocycles. The lowest BCUT2D eigenvalue weighted by atomic mass is 10.2. The molecular formula is C21H25N3O4S. The van der Waals surface area contributed by atoms with E-state index in [1.807, 2.05) is 13.8 Å². The summed E-state index contributed by atoms with van der Waals surface area (Å²) in [4.78, 5) is 24.0. The number of carbonyl (C=O) groups excluding carboxylic acids is 2. The third-order valence-corrected chi connectivity index (χ3v) is 3.94. The van der Waals surface area contributed by atoms with E-state index in [0.29, 0.717) is 48.1 Å². The van der Waals surface area contributed by atoms with Crippen molar-refractivity contribution in [3.8, 4) is 11.5 Å². The second kappa shape index (κ2) is 11.0. The Morgan fingerprint density at radius 1 is 0.862 bits per heavy atom. The van der Waals surface area contributed by atoms with Crippen LogP contribution in [-0.2, 0) is 4.79 Å². The van der Waals surface area contributed by atoms with E-state index in [9.17, 15) is 9.59 Å². The Morgan fingerprint density at radius 3 is 1.86 bits per heavy atom. The van der Waals surface area contributed by atoms with E-state index in [1.165, 1.54) is 0 Å². The molecule has 29 heavy (non-hydrogen) atoms. The highest BCUT2D eigenvalue weighted by molar-refractivity contribution is 7.80. The van der Waals surface area contributed by atoms with Crippen molar-refractivity contribution in [2.75, 3.05) is 23.8 Å². The number of anilines is 2. The van der Waals surface area contributed by atoms with Gasteiger partial charge in [-0.15, -0.1) is 0 Å². The molecule has 2 amide bonds. The Labute approximate surface area is 175 Å². The molecular weight excluding hydrogens is 390 g/mol. The lowest BCUT2D eigenvalue weighted by Crippen LogP contribution is -2.34. The van der Waals surface area contributed by atoms with Crippen molar-refractivity contribution in [2.24, 2.45) is 0 Å². The summed E-state index contributed by atoms with van der Waals surface area (Å²) in [5, 5.41) is 8.50. The number of rotatable bonds is 8. The van der Waals surface area contributed by atoms with Crippen LogP contribution in [0.4, 0.5) is 11.4 Å². The normalized spacial score (nSPS) is 10.0. The van der Waals surface area contributed by atoms with Crippen LogP contribution in [0, 0.1) is 0 Å². The topological polar surface area (TPSA) is 88.7 Å². The number of carbonyl (C=O) groups is 2. The summed E-state index contributed by atoms with van der Waals surface area (Å²) in [6, 6.07) is 12.0. The molecule has 3 N–H and O–H groups in total. The molecule has 0 unspecified atom stereocenters. The lowest BCUT2D eigenvalue weighted by Gasteiger charge is -2.13. The Morgan fingerprint density at radius 2 is 1.38 bits per heavy atom. The van der Waals surface area contributed by atoms with E-state index in [4.69, 9.17) is 21.7 Å². The molecule has 0 bridgehead atoms. The second-order valence-electron chi connectivity index (χ2n) is 5.95. The van der Waals surface area contributed by atoms with Gasteiger partial charge in [-0.05, 0) is 62.5 Å². The molecule has 2 aromatic rings. The maximum atomic E-state index is 12.6. The summed E-state index contributed by atoms with van der Waals surface area (Å²) < 4.78 is 11.0. The van der Waals surface area contributed by atoms with Gasteiger partial charge in [0, 0.05) is 29.4 Å². The zero-order valence-electron chi connectivity index (χ0n) is 16.7. The maximum absolute atomic E-state index is 12.6. The summed E-state index contributed by atoms with van der Waals surface area (Å²) in [5.41, 5.74) is 1.75. The molecule has 2 aromatic carbocycles. The average Bonchev–Trinajstić information content (AvgIpc) is 2.69.